The Balaban J connectivity index is 2.27. The van der Waals surface area contributed by atoms with Crippen LogP contribution in [0.2, 0.25) is 0 Å². The Morgan fingerprint density at radius 3 is 2.50 bits per heavy atom. The fraction of sp³-hybridized carbons (Fsp3) is 0.0667. The fourth-order valence-corrected chi connectivity index (χ4v) is 2.17. The second-order valence-electron chi connectivity index (χ2n) is 4.26. The third-order valence-corrected chi connectivity index (χ3v) is 3.09. The van der Waals surface area contributed by atoms with Gasteiger partial charge in [0.1, 0.15) is 5.76 Å². The van der Waals surface area contributed by atoms with E-state index >= 15 is 0 Å². The molecule has 0 atom stereocenters. The van der Waals surface area contributed by atoms with Gasteiger partial charge in [0.05, 0.1) is 5.56 Å². The molecule has 0 bridgehead atoms. The molecule has 0 saturated carbocycles. The van der Waals surface area contributed by atoms with Crippen LogP contribution in [0.5, 0.6) is 0 Å². The highest BCUT2D eigenvalue weighted by molar-refractivity contribution is 6.18. The molecule has 0 saturated heterocycles. The van der Waals surface area contributed by atoms with Gasteiger partial charge < -0.3 is 4.42 Å². The molecule has 1 heterocycles. The summed E-state index contributed by atoms with van der Waals surface area (Å²) in [5.41, 5.74) is 2.43. The third kappa shape index (κ3) is 1.31. The molecule has 1 aliphatic carbocycles. The van der Waals surface area contributed by atoms with Crippen molar-refractivity contribution in [2.75, 3.05) is 0 Å². The second-order valence-corrected chi connectivity index (χ2v) is 4.26. The van der Waals surface area contributed by atoms with Crippen LogP contribution in [-0.4, -0.2) is 11.6 Å². The fourth-order valence-electron chi connectivity index (χ4n) is 2.17. The lowest BCUT2D eigenvalue weighted by Gasteiger charge is -2.15. The van der Waals surface area contributed by atoms with Crippen LogP contribution in [-0.2, 0) is 0 Å². The molecule has 0 N–H and O–H groups in total. The zero-order chi connectivity index (χ0) is 12.9. The summed E-state index contributed by atoms with van der Waals surface area (Å²) in [6, 6.07) is 8.74. The van der Waals surface area contributed by atoms with Crippen LogP contribution in [0.25, 0.3) is 5.57 Å². The summed E-state index contributed by atoms with van der Waals surface area (Å²) in [5, 5.41) is 0. The van der Waals surface area contributed by atoms with Crippen LogP contribution in [0.1, 0.15) is 44.7 Å². The summed E-state index contributed by atoms with van der Waals surface area (Å²) in [6.45, 7) is 5.35. The highest BCUT2D eigenvalue weighted by Crippen LogP contribution is 2.36. The zero-order valence-electron chi connectivity index (χ0n) is 9.82. The van der Waals surface area contributed by atoms with E-state index in [2.05, 4.69) is 6.58 Å². The van der Waals surface area contributed by atoms with Crippen LogP contribution < -0.4 is 0 Å². The van der Waals surface area contributed by atoms with Crippen LogP contribution in [0.4, 0.5) is 0 Å². The highest BCUT2D eigenvalue weighted by Gasteiger charge is 2.30. The number of benzene rings is 1. The maximum absolute atomic E-state index is 12.3. The van der Waals surface area contributed by atoms with Crippen LogP contribution in [0, 0.1) is 0 Å². The molecule has 1 aromatic heterocycles. The van der Waals surface area contributed by atoms with Gasteiger partial charge in [-0.15, -0.1) is 0 Å². The van der Waals surface area contributed by atoms with Gasteiger partial charge in [0.2, 0.25) is 0 Å². The van der Waals surface area contributed by atoms with Crippen molar-refractivity contribution in [3.8, 4) is 0 Å². The van der Waals surface area contributed by atoms with E-state index in [0.29, 0.717) is 22.5 Å². The second kappa shape index (κ2) is 3.53. The lowest BCUT2D eigenvalue weighted by molar-refractivity contribution is 0.0985. The first kappa shape index (κ1) is 10.7. The van der Waals surface area contributed by atoms with E-state index in [-0.39, 0.29) is 17.3 Å². The molecule has 1 aliphatic rings. The first-order valence-corrected chi connectivity index (χ1v) is 5.57. The summed E-state index contributed by atoms with van der Waals surface area (Å²) < 4.78 is 5.44. The van der Waals surface area contributed by atoms with Crippen molar-refractivity contribution in [1.82, 2.24) is 0 Å². The van der Waals surface area contributed by atoms with Gasteiger partial charge in [-0.3, -0.25) is 9.59 Å². The van der Waals surface area contributed by atoms with E-state index in [1.54, 1.807) is 12.1 Å². The van der Waals surface area contributed by atoms with Crippen molar-refractivity contribution in [2.45, 2.75) is 6.92 Å². The van der Waals surface area contributed by atoms with E-state index < -0.39 is 0 Å². The van der Waals surface area contributed by atoms with Gasteiger partial charge in [0.15, 0.2) is 17.3 Å². The smallest absolute Gasteiger partial charge is 0.197 e. The molecule has 2 aromatic rings. The van der Waals surface area contributed by atoms with Crippen molar-refractivity contribution in [3.05, 3.63) is 65.1 Å². The van der Waals surface area contributed by atoms with Crippen molar-refractivity contribution in [3.63, 3.8) is 0 Å². The summed E-state index contributed by atoms with van der Waals surface area (Å²) in [7, 11) is 0. The van der Waals surface area contributed by atoms with E-state index in [4.69, 9.17) is 4.42 Å². The molecule has 0 radical (unpaired) electrons. The summed E-state index contributed by atoms with van der Waals surface area (Å²) in [5.74, 6) is 0.282. The number of rotatable bonds is 1. The molecule has 1 aromatic carbocycles. The van der Waals surface area contributed by atoms with Crippen molar-refractivity contribution < 1.29 is 14.0 Å². The number of fused-ring (bicyclic) bond motifs is 2. The molecular formula is C15H10O3. The maximum atomic E-state index is 12.3. The van der Waals surface area contributed by atoms with Crippen molar-refractivity contribution in [1.29, 1.82) is 0 Å². The lowest BCUT2D eigenvalue weighted by Crippen LogP contribution is -2.11. The Morgan fingerprint density at radius 1 is 1.17 bits per heavy atom. The first-order chi connectivity index (χ1) is 8.59. The molecular weight excluding hydrogens is 228 g/mol. The van der Waals surface area contributed by atoms with Crippen LogP contribution in [0.15, 0.2) is 41.3 Å². The first-order valence-electron chi connectivity index (χ1n) is 5.57. The topological polar surface area (TPSA) is 47.3 Å². The summed E-state index contributed by atoms with van der Waals surface area (Å²) in [4.78, 5) is 23.6. The quantitative estimate of drug-likeness (QED) is 0.612. The minimum Gasteiger partial charge on any atom is -0.452 e. The number of hydrogen-bond acceptors (Lipinski definition) is 3. The summed E-state index contributed by atoms with van der Waals surface area (Å²) >= 11 is 0. The number of carbonyl (C=O) groups excluding carboxylic acids is 2. The molecule has 3 nitrogen and oxygen atoms in total. The predicted octanol–water partition coefficient (Wildman–Crippen LogP) is 3.09. The molecule has 18 heavy (non-hydrogen) atoms. The van der Waals surface area contributed by atoms with Crippen molar-refractivity contribution >= 4 is 17.1 Å². The molecule has 0 aliphatic heterocycles. The number of hydrogen-bond donors (Lipinski definition) is 0. The van der Waals surface area contributed by atoms with Crippen LogP contribution in [0.3, 0.4) is 0 Å². The Kier molecular flexibility index (Phi) is 2.10. The SMILES string of the molecule is C=C1c2ccccc2C(=O)c2cc(C(C)=O)oc21. The zero-order valence-corrected chi connectivity index (χ0v) is 9.82. The van der Waals surface area contributed by atoms with Gasteiger partial charge in [0, 0.05) is 18.1 Å². The molecule has 0 unspecified atom stereocenters. The predicted molar refractivity (Wildman–Crippen MR) is 66.7 cm³/mol. The number of carbonyl (C=O) groups is 2. The van der Waals surface area contributed by atoms with Gasteiger partial charge >= 0.3 is 0 Å². The van der Waals surface area contributed by atoms with E-state index in [9.17, 15) is 9.59 Å². The Hall–Kier alpha value is -2.42. The van der Waals surface area contributed by atoms with E-state index in [1.807, 2.05) is 12.1 Å². The summed E-state index contributed by atoms with van der Waals surface area (Å²) in [6.07, 6.45) is 0. The lowest BCUT2D eigenvalue weighted by atomic mass is 9.86. The molecule has 0 fully saturated rings. The van der Waals surface area contributed by atoms with Gasteiger partial charge in [-0.05, 0) is 11.6 Å². The minimum atomic E-state index is -0.200. The minimum absolute atomic E-state index is 0.121. The number of Topliss-reactive ketones (excluding diaryl/α,β-unsaturated/α-hetero) is 1. The molecule has 3 rings (SSSR count). The largest absolute Gasteiger partial charge is 0.452 e. The third-order valence-electron chi connectivity index (χ3n) is 3.09. The molecule has 88 valence electrons. The molecule has 0 spiro atoms. The molecule has 3 heteroatoms. The number of furan rings is 1. The van der Waals surface area contributed by atoms with Gasteiger partial charge in [-0.1, -0.05) is 30.8 Å². The Morgan fingerprint density at radius 2 is 1.83 bits per heavy atom. The average molecular weight is 238 g/mol. The van der Waals surface area contributed by atoms with Crippen molar-refractivity contribution in [2.24, 2.45) is 0 Å². The molecule has 0 amide bonds. The standard InChI is InChI=1S/C15H10O3/c1-8-10-5-3-4-6-11(10)14(17)12-7-13(9(2)16)18-15(8)12/h3-7H,1H2,2H3. The van der Waals surface area contributed by atoms with E-state index in [1.165, 1.54) is 13.0 Å². The number of ketones is 2. The van der Waals surface area contributed by atoms with Crippen LogP contribution >= 0.6 is 0 Å². The Bertz CT molecular complexity index is 652. The van der Waals surface area contributed by atoms with Gasteiger partial charge in [-0.25, -0.2) is 0 Å². The monoisotopic (exact) mass is 238 g/mol. The highest BCUT2D eigenvalue weighted by atomic mass is 16.3. The Labute approximate surface area is 104 Å². The van der Waals surface area contributed by atoms with Gasteiger partial charge in [-0.2, -0.15) is 0 Å². The van der Waals surface area contributed by atoms with Gasteiger partial charge in [0.25, 0.3) is 0 Å². The van der Waals surface area contributed by atoms with E-state index in [0.717, 1.165) is 5.56 Å². The average Bonchev–Trinajstić information content (AvgIpc) is 2.81. The maximum Gasteiger partial charge on any atom is 0.197 e. The normalized spacial score (nSPS) is 13.2.